The van der Waals surface area contributed by atoms with Gasteiger partial charge in [-0.05, 0) is 42.3 Å². The van der Waals surface area contributed by atoms with Gasteiger partial charge in [-0.15, -0.1) is 0 Å². The summed E-state index contributed by atoms with van der Waals surface area (Å²) in [4.78, 5) is 4.92. The van der Waals surface area contributed by atoms with Crippen molar-refractivity contribution in [3.63, 3.8) is 0 Å². The molecule has 0 aliphatic rings. The monoisotopic (exact) mass is 355 g/mol. The van der Waals surface area contributed by atoms with Gasteiger partial charge in [-0.25, -0.2) is 4.98 Å². The van der Waals surface area contributed by atoms with Crippen molar-refractivity contribution in [2.45, 2.75) is 6.92 Å². The summed E-state index contributed by atoms with van der Waals surface area (Å²) in [7, 11) is 0. The van der Waals surface area contributed by atoms with Crippen LogP contribution >= 0.6 is 11.6 Å². The van der Waals surface area contributed by atoms with E-state index in [1.807, 2.05) is 30.3 Å². The Morgan fingerprint density at radius 1 is 0.577 bits per heavy atom. The van der Waals surface area contributed by atoms with Crippen molar-refractivity contribution in [1.82, 2.24) is 4.98 Å². The van der Waals surface area contributed by atoms with Crippen LogP contribution in [-0.4, -0.2) is 4.98 Å². The molecule has 1 heterocycles. The smallest absolute Gasteiger partial charge is 0.0715 e. The van der Waals surface area contributed by atoms with Crippen LogP contribution in [0.5, 0.6) is 0 Å². The van der Waals surface area contributed by atoms with E-state index in [9.17, 15) is 0 Å². The van der Waals surface area contributed by atoms with E-state index in [0.717, 1.165) is 33.1 Å². The summed E-state index contributed by atoms with van der Waals surface area (Å²) in [6.07, 6.45) is 0. The zero-order valence-electron chi connectivity index (χ0n) is 14.5. The highest BCUT2D eigenvalue weighted by molar-refractivity contribution is 6.30. The van der Waals surface area contributed by atoms with Gasteiger partial charge in [-0.1, -0.05) is 83.9 Å². The highest BCUT2D eigenvalue weighted by atomic mass is 35.5. The first kappa shape index (κ1) is 16.6. The predicted molar refractivity (Wildman–Crippen MR) is 110 cm³/mol. The van der Waals surface area contributed by atoms with E-state index in [-0.39, 0.29) is 0 Å². The number of nitrogens with zero attached hydrogens (tertiary/aromatic N) is 1. The van der Waals surface area contributed by atoms with Crippen LogP contribution in [0.25, 0.3) is 33.6 Å². The number of pyridine rings is 1. The Hall–Kier alpha value is -2.90. The summed E-state index contributed by atoms with van der Waals surface area (Å²) in [5, 5.41) is 0.728. The Balaban J connectivity index is 1.89. The van der Waals surface area contributed by atoms with Crippen LogP contribution < -0.4 is 0 Å². The van der Waals surface area contributed by atoms with Gasteiger partial charge in [0.05, 0.1) is 11.4 Å². The molecule has 4 aromatic rings. The first-order chi connectivity index (χ1) is 12.7. The SMILES string of the molecule is Cc1ccc(-c2cc(-c3ccccc3)cc(-c3ccc(Cl)cc3)n2)cc1. The van der Waals surface area contributed by atoms with E-state index in [0.29, 0.717) is 0 Å². The van der Waals surface area contributed by atoms with Gasteiger partial charge < -0.3 is 0 Å². The lowest BCUT2D eigenvalue weighted by atomic mass is 10.00. The lowest BCUT2D eigenvalue weighted by molar-refractivity contribution is 1.32. The molecule has 1 aromatic heterocycles. The second kappa shape index (κ2) is 7.15. The lowest BCUT2D eigenvalue weighted by Crippen LogP contribution is -1.91. The van der Waals surface area contributed by atoms with Crippen molar-refractivity contribution >= 4 is 11.6 Å². The molecule has 0 atom stereocenters. The van der Waals surface area contributed by atoms with Crippen molar-refractivity contribution in [3.05, 3.63) is 102 Å². The highest BCUT2D eigenvalue weighted by Crippen LogP contribution is 2.30. The average molecular weight is 356 g/mol. The minimum atomic E-state index is 0.728. The second-order valence-corrected chi connectivity index (χ2v) is 6.80. The molecule has 0 bridgehead atoms. The van der Waals surface area contributed by atoms with E-state index in [4.69, 9.17) is 16.6 Å². The average Bonchev–Trinajstić information content (AvgIpc) is 2.69. The van der Waals surface area contributed by atoms with Crippen molar-refractivity contribution < 1.29 is 0 Å². The topological polar surface area (TPSA) is 12.9 Å². The Bertz CT molecular complexity index is 956. The first-order valence-electron chi connectivity index (χ1n) is 8.59. The zero-order valence-corrected chi connectivity index (χ0v) is 15.2. The first-order valence-corrected chi connectivity index (χ1v) is 8.97. The molecule has 126 valence electrons. The molecule has 3 aromatic carbocycles. The number of aromatic nitrogens is 1. The highest BCUT2D eigenvalue weighted by Gasteiger charge is 2.09. The molecule has 1 nitrogen and oxygen atoms in total. The normalized spacial score (nSPS) is 10.7. The number of halogens is 1. The van der Waals surface area contributed by atoms with Crippen molar-refractivity contribution in [2.24, 2.45) is 0 Å². The van der Waals surface area contributed by atoms with Gasteiger partial charge in [0, 0.05) is 16.1 Å². The van der Waals surface area contributed by atoms with E-state index >= 15 is 0 Å². The van der Waals surface area contributed by atoms with Gasteiger partial charge in [0.2, 0.25) is 0 Å². The van der Waals surface area contributed by atoms with Crippen LogP contribution in [0, 0.1) is 6.92 Å². The number of aryl methyl sites for hydroxylation is 1. The zero-order chi connectivity index (χ0) is 17.9. The fourth-order valence-electron chi connectivity index (χ4n) is 2.97. The predicted octanol–water partition coefficient (Wildman–Crippen LogP) is 7.04. The van der Waals surface area contributed by atoms with Crippen molar-refractivity contribution in [1.29, 1.82) is 0 Å². The van der Waals surface area contributed by atoms with Crippen molar-refractivity contribution in [3.8, 4) is 33.6 Å². The van der Waals surface area contributed by atoms with Crippen molar-refractivity contribution in [2.75, 3.05) is 0 Å². The molecule has 0 saturated heterocycles. The number of benzene rings is 3. The van der Waals surface area contributed by atoms with Gasteiger partial charge in [-0.2, -0.15) is 0 Å². The molecular weight excluding hydrogens is 338 g/mol. The Kier molecular flexibility index (Phi) is 4.55. The molecule has 0 radical (unpaired) electrons. The third-order valence-corrected chi connectivity index (χ3v) is 4.67. The largest absolute Gasteiger partial charge is 0.248 e. The van der Waals surface area contributed by atoms with Gasteiger partial charge >= 0.3 is 0 Å². The Morgan fingerprint density at radius 2 is 1.12 bits per heavy atom. The van der Waals surface area contributed by atoms with Gasteiger partial charge in [0.25, 0.3) is 0 Å². The number of hydrogen-bond donors (Lipinski definition) is 0. The Morgan fingerprint density at radius 3 is 1.69 bits per heavy atom. The summed E-state index contributed by atoms with van der Waals surface area (Å²) < 4.78 is 0. The van der Waals surface area contributed by atoms with Crippen LogP contribution in [0.15, 0.2) is 91.0 Å². The van der Waals surface area contributed by atoms with E-state index in [1.54, 1.807) is 0 Å². The van der Waals surface area contributed by atoms with Gasteiger partial charge in [0.15, 0.2) is 0 Å². The third-order valence-electron chi connectivity index (χ3n) is 4.42. The maximum atomic E-state index is 6.05. The quantitative estimate of drug-likeness (QED) is 0.384. The van der Waals surface area contributed by atoms with Gasteiger partial charge in [-0.3, -0.25) is 0 Å². The maximum absolute atomic E-state index is 6.05. The van der Waals surface area contributed by atoms with E-state index in [2.05, 4.69) is 67.6 Å². The number of rotatable bonds is 3. The summed E-state index contributed by atoms with van der Waals surface area (Å²) >= 11 is 6.05. The van der Waals surface area contributed by atoms with E-state index in [1.165, 1.54) is 11.1 Å². The summed E-state index contributed by atoms with van der Waals surface area (Å²) in [6, 6.07) is 31.0. The van der Waals surface area contributed by atoms with Crippen LogP contribution in [-0.2, 0) is 0 Å². The molecule has 26 heavy (non-hydrogen) atoms. The van der Waals surface area contributed by atoms with Crippen LogP contribution in [0.1, 0.15) is 5.56 Å². The van der Waals surface area contributed by atoms with Crippen LogP contribution in [0.3, 0.4) is 0 Å². The molecule has 0 spiro atoms. The lowest BCUT2D eigenvalue weighted by Gasteiger charge is -2.10. The molecule has 0 saturated carbocycles. The van der Waals surface area contributed by atoms with Crippen LogP contribution in [0.4, 0.5) is 0 Å². The second-order valence-electron chi connectivity index (χ2n) is 6.37. The molecule has 0 aliphatic heterocycles. The number of hydrogen-bond acceptors (Lipinski definition) is 1. The summed E-state index contributed by atoms with van der Waals surface area (Å²) in [5.41, 5.74) is 7.66. The minimum absolute atomic E-state index is 0.728. The Labute approximate surface area is 158 Å². The maximum Gasteiger partial charge on any atom is 0.0715 e. The fraction of sp³-hybridized carbons (Fsp3) is 0.0417. The molecule has 2 heteroatoms. The summed E-state index contributed by atoms with van der Waals surface area (Å²) in [6.45, 7) is 2.09. The van der Waals surface area contributed by atoms with Gasteiger partial charge in [0.1, 0.15) is 0 Å². The molecule has 0 fully saturated rings. The molecule has 0 N–H and O–H groups in total. The third kappa shape index (κ3) is 3.54. The molecule has 0 aliphatic carbocycles. The molecule has 4 rings (SSSR count). The van der Waals surface area contributed by atoms with Crippen LogP contribution in [0.2, 0.25) is 5.02 Å². The fourth-order valence-corrected chi connectivity index (χ4v) is 3.09. The summed E-state index contributed by atoms with van der Waals surface area (Å²) in [5.74, 6) is 0. The molecular formula is C24H18ClN. The molecule has 0 amide bonds. The standard InChI is InChI=1S/C24H18ClN/c1-17-7-9-19(10-8-17)23-15-21(18-5-3-2-4-6-18)16-24(26-23)20-11-13-22(25)14-12-20/h2-16H,1H3. The van der Waals surface area contributed by atoms with E-state index < -0.39 is 0 Å². The minimum Gasteiger partial charge on any atom is -0.248 e. The molecule has 0 unspecified atom stereocenters.